The van der Waals surface area contributed by atoms with Crippen molar-refractivity contribution in [3.63, 3.8) is 0 Å². The molecular formula is C14H15F2N3O4. The van der Waals surface area contributed by atoms with Crippen LogP contribution in [0.1, 0.15) is 18.4 Å². The van der Waals surface area contributed by atoms with Crippen LogP contribution in [0, 0.1) is 11.6 Å². The molecule has 3 N–H and O–H groups in total. The molecule has 0 spiro atoms. The summed E-state index contributed by atoms with van der Waals surface area (Å²) in [5.74, 6) is -3.38. The van der Waals surface area contributed by atoms with Gasteiger partial charge in [-0.2, -0.15) is 4.39 Å². The quantitative estimate of drug-likeness (QED) is 0.666. The van der Waals surface area contributed by atoms with Crippen molar-refractivity contribution in [2.45, 2.75) is 25.4 Å². The van der Waals surface area contributed by atoms with Crippen LogP contribution in [-0.4, -0.2) is 31.0 Å². The maximum Gasteiger partial charge on any atom is 0.322 e. The number of hydrogen-bond acceptors (Lipinski definition) is 4. The molecule has 0 radical (unpaired) electrons. The largest absolute Gasteiger partial charge is 0.494 e. The number of amides is 4. The number of carbonyl (C=O) groups is 3. The van der Waals surface area contributed by atoms with Gasteiger partial charge in [0.25, 0.3) is 5.91 Å². The van der Waals surface area contributed by atoms with Gasteiger partial charge in [0.05, 0.1) is 7.11 Å². The molecule has 1 aromatic rings. The summed E-state index contributed by atoms with van der Waals surface area (Å²) in [5, 5.41) is 6.83. The highest BCUT2D eigenvalue weighted by Crippen LogP contribution is 2.22. The number of nitrogens with one attached hydrogen (secondary N) is 3. The van der Waals surface area contributed by atoms with Crippen LogP contribution in [0.4, 0.5) is 13.6 Å². The Balaban J connectivity index is 1.84. The Kier molecular flexibility index (Phi) is 5.09. The molecule has 4 amide bonds. The van der Waals surface area contributed by atoms with Crippen LogP contribution in [0.15, 0.2) is 12.1 Å². The molecule has 23 heavy (non-hydrogen) atoms. The van der Waals surface area contributed by atoms with Crippen LogP contribution >= 0.6 is 0 Å². The van der Waals surface area contributed by atoms with E-state index < -0.39 is 35.5 Å². The average Bonchev–Trinajstić information content (AvgIpc) is 2.84. The molecule has 1 aliphatic rings. The Labute approximate surface area is 130 Å². The highest BCUT2D eigenvalue weighted by Gasteiger charge is 2.29. The third-order valence-corrected chi connectivity index (χ3v) is 3.34. The Morgan fingerprint density at radius 2 is 2.04 bits per heavy atom. The summed E-state index contributed by atoms with van der Waals surface area (Å²) in [4.78, 5) is 33.9. The SMILES string of the molecule is COc1ccc(CNC(=O)CC[C@@H]2NC(=O)NC2=O)c(F)c1F. The number of ether oxygens (including phenoxy) is 1. The molecule has 1 atom stereocenters. The number of urea groups is 1. The van der Waals surface area contributed by atoms with Crippen LogP contribution < -0.4 is 20.7 Å². The maximum absolute atomic E-state index is 13.7. The first-order valence-corrected chi connectivity index (χ1v) is 6.81. The Morgan fingerprint density at radius 1 is 1.30 bits per heavy atom. The van der Waals surface area contributed by atoms with E-state index >= 15 is 0 Å². The van der Waals surface area contributed by atoms with Gasteiger partial charge in [0, 0.05) is 18.5 Å². The van der Waals surface area contributed by atoms with E-state index in [2.05, 4.69) is 15.4 Å². The fourth-order valence-electron chi connectivity index (χ4n) is 2.09. The molecule has 0 saturated carbocycles. The van der Waals surface area contributed by atoms with Crippen molar-refractivity contribution in [1.29, 1.82) is 0 Å². The van der Waals surface area contributed by atoms with E-state index in [4.69, 9.17) is 0 Å². The van der Waals surface area contributed by atoms with Gasteiger partial charge in [-0.25, -0.2) is 9.18 Å². The van der Waals surface area contributed by atoms with E-state index in [1.165, 1.54) is 19.2 Å². The molecule has 0 bridgehead atoms. The van der Waals surface area contributed by atoms with Crippen LogP contribution in [0.2, 0.25) is 0 Å². The molecular weight excluding hydrogens is 312 g/mol. The lowest BCUT2D eigenvalue weighted by atomic mass is 10.1. The van der Waals surface area contributed by atoms with Crippen molar-refractivity contribution in [3.05, 3.63) is 29.3 Å². The van der Waals surface area contributed by atoms with E-state index in [1.54, 1.807) is 0 Å². The second kappa shape index (κ2) is 7.03. The lowest BCUT2D eigenvalue weighted by Crippen LogP contribution is -2.31. The normalized spacial score (nSPS) is 16.7. The summed E-state index contributed by atoms with van der Waals surface area (Å²) in [6, 6.07) is 1.21. The molecule has 0 aliphatic carbocycles. The average molecular weight is 327 g/mol. The lowest BCUT2D eigenvalue weighted by molar-refractivity contribution is -0.122. The summed E-state index contributed by atoms with van der Waals surface area (Å²) in [7, 11) is 1.22. The third kappa shape index (κ3) is 3.93. The number of halogens is 2. The summed E-state index contributed by atoms with van der Waals surface area (Å²) < 4.78 is 31.9. The summed E-state index contributed by atoms with van der Waals surface area (Å²) in [6.45, 7) is -0.200. The monoisotopic (exact) mass is 327 g/mol. The first-order chi connectivity index (χ1) is 10.9. The number of methoxy groups -OCH3 is 1. The Hall–Kier alpha value is -2.71. The molecule has 1 fully saturated rings. The van der Waals surface area contributed by atoms with Gasteiger partial charge in [-0.15, -0.1) is 0 Å². The Bertz CT molecular complexity index is 651. The topological polar surface area (TPSA) is 96.5 Å². The summed E-state index contributed by atoms with van der Waals surface area (Å²) in [6.07, 6.45) is 0.0709. The number of imide groups is 1. The van der Waals surface area contributed by atoms with E-state index in [1.807, 2.05) is 5.32 Å². The molecule has 2 rings (SSSR count). The smallest absolute Gasteiger partial charge is 0.322 e. The molecule has 7 nitrogen and oxygen atoms in total. The van der Waals surface area contributed by atoms with Gasteiger partial charge >= 0.3 is 6.03 Å². The van der Waals surface area contributed by atoms with Crippen molar-refractivity contribution in [2.75, 3.05) is 7.11 Å². The first-order valence-electron chi connectivity index (χ1n) is 6.81. The number of hydrogen-bond donors (Lipinski definition) is 3. The number of benzene rings is 1. The van der Waals surface area contributed by atoms with Gasteiger partial charge in [0.15, 0.2) is 11.6 Å². The van der Waals surface area contributed by atoms with E-state index in [-0.39, 0.29) is 30.7 Å². The second-order valence-electron chi connectivity index (χ2n) is 4.89. The van der Waals surface area contributed by atoms with E-state index in [0.717, 1.165) is 0 Å². The summed E-state index contributed by atoms with van der Waals surface area (Å²) in [5.41, 5.74) is -0.0245. The molecule has 9 heteroatoms. The standard InChI is InChI=1S/C14H15F2N3O4/c1-23-9-4-2-7(11(15)12(9)16)6-17-10(20)5-3-8-13(21)19-14(22)18-8/h2,4,8H,3,5-6H2,1H3,(H,17,20)(H2,18,19,21,22)/t8-/m0/s1. The third-order valence-electron chi connectivity index (χ3n) is 3.34. The fraction of sp³-hybridized carbons (Fsp3) is 0.357. The minimum atomic E-state index is -1.12. The van der Waals surface area contributed by atoms with Crippen molar-refractivity contribution in [1.82, 2.24) is 16.0 Å². The Morgan fingerprint density at radius 3 is 2.65 bits per heavy atom. The summed E-state index contributed by atoms with van der Waals surface area (Å²) >= 11 is 0. The van der Waals surface area contributed by atoms with Crippen molar-refractivity contribution in [3.8, 4) is 5.75 Å². The minimum Gasteiger partial charge on any atom is -0.494 e. The zero-order valence-corrected chi connectivity index (χ0v) is 12.2. The van der Waals surface area contributed by atoms with Crippen LogP contribution in [-0.2, 0) is 16.1 Å². The minimum absolute atomic E-state index is 0.0245. The fourth-order valence-corrected chi connectivity index (χ4v) is 2.09. The molecule has 0 unspecified atom stereocenters. The molecule has 1 aromatic carbocycles. The molecule has 1 saturated heterocycles. The second-order valence-corrected chi connectivity index (χ2v) is 4.89. The van der Waals surface area contributed by atoms with Crippen molar-refractivity contribution >= 4 is 17.8 Å². The highest BCUT2D eigenvalue weighted by atomic mass is 19.2. The molecule has 0 aromatic heterocycles. The zero-order valence-electron chi connectivity index (χ0n) is 12.2. The van der Waals surface area contributed by atoms with E-state index in [9.17, 15) is 23.2 Å². The predicted molar refractivity (Wildman–Crippen MR) is 74.5 cm³/mol. The maximum atomic E-state index is 13.7. The van der Waals surface area contributed by atoms with Crippen molar-refractivity contribution < 1.29 is 27.9 Å². The lowest BCUT2D eigenvalue weighted by Gasteiger charge is -2.10. The van der Waals surface area contributed by atoms with Gasteiger partial charge in [0.1, 0.15) is 6.04 Å². The molecule has 1 heterocycles. The zero-order chi connectivity index (χ0) is 17.0. The number of carbonyl (C=O) groups excluding carboxylic acids is 3. The molecule has 1 aliphatic heterocycles. The van der Waals surface area contributed by atoms with Gasteiger partial charge < -0.3 is 15.4 Å². The van der Waals surface area contributed by atoms with Gasteiger partial charge in [-0.1, -0.05) is 6.07 Å². The van der Waals surface area contributed by atoms with Crippen molar-refractivity contribution in [2.24, 2.45) is 0 Å². The highest BCUT2D eigenvalue weighted by molar-refractivity contribution is 6.04. The van der Waals surface area contributed by atoms with E-state index in [0.29, 0.717) is 0 Å². The predicted octanol–water partition coefficient (Wildman–Crippen LogP) is 0.578. The number of rotatable bonds is 6. The van der Waals surface area contributed by atoms with Crippen LogP contribution in [0.25, 0.3) is 0 Å². The molecule has 124 valence electrons. The van der Waals surface area contributed by atoms with Crippen LogP contribution in [0.3, 0.4) is 0 Å². The first kappa shape index (κ1) is 16.7. The van der Waals surface area contributed by atoms with Gasteiger partial charge in [-0.3, -0.25) is 14.9 Å². The van der Waals surface area contributed by atoms with Gasteiger partial charge in [0.2, 0.25) is 11.7 Å². The van der Waals surface area contributed by atoms with Crippen LogP contribution in [0.5, 0.6) is 5.75 Å². The van der Waals surface area contributed by atoms with Gasteiger partial charge in [-0.05, 0) is 12.5 Å².